The predicted molar refractivity (Wildman–Crippen MR) is 44.3 cm³/mol. The third kappa shape index (κ3) is 2.22. The summed E-state index contributed by atoms with van der Waals surface area (Å²) in [6, 6.07) is 0. The molecule has 4 nitrogen and oxygen atoms in total. The molecule has 0 fully saturated rings. The van der Waals surface area contributed by atoms with Gasteiger partial charge in [0.1, 0.15) is 0 Å². The Labute approximate surface area is 71.3 Å². The molecule has 1 rings (SSSR count). The fraction of sp³-hybridized carbons (Fsp3) is 0.750. The fourth-order valence-electron chi connectivity index (χ4n) is 1.01. The molecule has 4 heteroatoms. The molecule has 1 atom stereocenters. The maximum absolute atomic E-state index is 10.4. The van der Waals surface area contributed by atoms with Gasteiger partial charge in [-0.1, -0.05) is 13.8 Å². The Kier molecular flexibility index (Phi) is 2.68. The van der Waals surface area contributed by atoms with Crippen LogP contribution in [0.1, 0.15) is 20.3 Å². The highest BCUT2D eigenvalue weighted by Gasteiger charge is 2.26. The van der Waals surface area contributed by atoms with Crippen molar-refractivity contribution < 1.29 is 14.6 Å². The van der Waals surface area contributed by atoms with E-state index in [0.29, 0.717) is 11.8 Å². The van der Waals surface area contributed by atoms with E-state index in [2.05, 4.69) is 4.99 Å². The monoisotopic (exact) mass is 171 g/mol. The van der Waals surface area contributed by atoms with Gasteiger partial charge in [0.15, 0.2) is 5.90 Å². The molecule has 0 amide bonds. The fourth-order valence-corrected chi connectivity index (χ4v) is 1.01. The number of nitrogens with zero attached hydrogens (tertiary/aromatic N) is 1. The van der Waals surface area contributed by atoms with Crippen LogP contribution in [0.3, 0.4) is 0 Å². The molecule has 0 radical (unpaired) electrons. The van der Waals surface area contributed by atoms with Crippen molar-refractivity contribution in [2.75, 3.05) is 6.54 Å². The summed E-state index contributed by atoms with van der Waals surface area (Å²) in [4.78, 5) is 14.4. The van der Waals surface area contributed by atoms with Crippen LogP contribution in [0.4, 0.5) is 0 Å². The highest BCUT2D eigenvalue weighted by atomic mass is 16.5. The lowest BCUT2D eigenvalue weighted by Crippen LogP contribution is -2.24. The Bertz CT molecular complexity index is 210. The van der Waals surface area contributed by atoms with Crippen molar-refractivity contribution in [3.63, 3.8) is 0 Å². The van der Waals surface area contributed by atoms with Gasteiger partial charge in [0.25, 0.3) is 0 Å². The number of carboxylic acids is 1. The van der Waals surface area contributed by atoms with Gasteiger partial charge in [0, 0.05) is 6.42 Å². The van der Waals surface area contributed by atoms with Crippen molar-refractivity contribution in [2.45, 2.75) is 26.4 Å². The summed E-state index contributed by atoms with van der Waals surface area (Å²) in [5.41, 5.74) is 0. The molecule has 0 aromatic carbocycles. The summed E-state index contributed by atoms with van der Waals surface area (Å²) < 4.78 is 5.08. The number of carbonyl (C=O) groups is 1. The summed E-state index contributed by atoms with van der Waals surface area (Å²) in [5.74, 6) is 0.103. The standard InChI is InChI=1S/C8H13NO3/c1-5(2)3-7-9-4-6(12-7)8(10)11/h5-6H,3-4H2,1-2H3,(H,10,11). The van der Waals surface area contributed by atoms with Crippen molar-refractivity contribution >= 4 is 11.9 Å². The molecule has 12 heavy (non-hydrogen) atoms. The minimum absolute atomic E-state index is 0.261. The third-order valence-corrected chi connectivity index (χ3v) is 1.57. The van der Waals surface area contributed by atoms with Crippen molar-refractivity contribution in [1.29, 1.82) is 0 Å². The molecule has 0 spiro atoms. The number of ether oxygens (including phenoxy) is 1. The minimum Gasteiger partial charge on any atom is -0.478 e. The molecule has 0 saturated carbocycles. The van der Waals surface area contributed by atoms with Crippen LogP contribution in [0.2, 0.25) is 0 Å². The van der Waals surface area contributed by atoms with Crippen molar-refractivity contribution in [3.05, 3.63) is 0 Å². The topological polar surface area (TPSA) is 58.9 Å². The molecule has 1 aliphatic heterocycles. The molecule has 0 bridgehead atoms. The highest BCUT2D eigenvalue weighted by Crippen LogP contribution is 2.11. The van der Waals surface area contributed by atoms with E-state index < -0.39 is 12.1 Å². The lowest BCUT2D eigenvalue weighted by Gasteiger charge is -2.07. The molecule has 1 aliphatic rings. The number of hydrogen-bond acceptors (Lipinski definition) is 3. The van der Waals surface area contributed by atoms with Crippen LogP contribution in [0.25, 0.3) is 0 Å². The second-order valence-corrected chi connectivity index (χ2v) is 3.28. The third-order valence-electron chi connectivity index (χ3n) is 1.57. The van der Waals surface area contributed by atoms with E-state index in [-0.39, 0.29) is 6.54 Å². The average Bonchev–Trinajstić information content (AvgIpc) is 2.34. The Morgan fingerprint density at radius 1 is 1.83 bits per heavy atom. The molecule has 0 aromatic rings. The Morgan fingerprint density at radius 3 is 2.92 bits per heavy atom. The van der Waals surface area contributed by atoms with Crippen molar-refractivity contribution in [2.24, 2.45) is 10.9 Å². The normalized spacial score (nSPS) is 22.2. The number of hydrogen-bond donors (Lipinski definition) is 1. The predicted octanol–water partition coefficient (Wildman–Crippen LogP) is 0.914. The van der Waals surface area contributed by atoms with Gasteiger partial charge in [0.2, 0.25) is 6.10 Å². The van der Waals surface area contributed by atoms with Gasteiger partial charge in [-0.25, -0.2) is 4.79 Å². The molecule has 68 valence electrons. The zero-order valence-corrected chi connectivity index (χ0v) is 7.28. The van der Waals surface area contributed by atoms with Crippen molar-refractivity contribution in [3.8, 4) is 0 Å². The molecule has 0 aromatic heterocycles. The molecule has 1 heterocycles. The van der Waals surface area contributed by atoms with Gasteiger partial charge in [0.05, 0.1) is 6.54 Å². The summed E-state index contributed by atoms with van der Waals surface area (Å²) in [7, 11) is 0. The number of rotatable bonds is 3. The van der Waals surface area contributed by atoms with E-state index in [9.17, 15) is 4.79 Å². The maximum atomic E-state index is 10.4. The van der Waals surface area contributed by atoms with E-state index >= 15 is 0 Å². The Hall–Kier alpha value is -1.06. The molecule has 0 saturated heterocycles. The van der Waals surface area contributed by atoms with Gasteiger partial charge in [-0.05, 0) is 5.92 Å². The number of aliphatic imine (C=N–C) groups is 1. The highest BCUT2D eigenvalue weighted by molar-refractivity contribution is 5.84. The first-order valence-corrected chi connectivity index (χ1v) is 4.02. The van der Waals surface area contributed by atoms with Crippen LogP contribution in [0, 0.1) is 5.92 Å². The minimum atomic E-state index is -0.933. The van der Waals surface area contributed by atoms with Gasteiger partial charge in [-0.15, -0.1) is 0 Å². The van der Waals surface area contributed by atoms with Crippen LogP contribution in [0.5, 0.6) is 0 Å². The first-order valence-electron chi connectivity index (χ1n) is 4.02. The second-order valence-electron chi connectivity index (χ2n) is 3.28. The maximum Gasteiger partial charge on any atom is 0.346 e. The summed E-state index contributed by atoms with van der Waals surface area (Å²) >= 11 is 0. The number of carboxylic acid groups (broad SMARTS) is 1. The lowest BCUT2D eigenvalue weighted by molar-refractivity contribution is -0.144. The lowest BCUT2D eigenvalue weighted by atomic mass is 10.1. The summed E-state index contributed by atoms with van der Waals surface area (Å²) in [6.07, 6.45) is -0.0252. The Balaban J connectivity index is 2.38. The van der Waals surface area contributed by atoms with Crippen LogP contribution < -0.4 is 0 Å². The quantitative estimate of drug-likeness (QED) is 0.686. The molecular weight excluding hydrogens is 158 g/mol. The first kappa shape index (κ1) is 9.03. The van der Waals surface area contributed by atoms with E-state index in [1.54, 1.807) is 0 Å². The molecular formula is C8H13NO3. The van der Waals surface area contributed by atoms with Crippen molar-refractivity contribution in [1.82, 2.24) is 0 Å². The average molecular weight is 171 g/mol. The summed E-state index contributed by atoms with van der Waals surface area (Å²) in [6.45, 7) is 4.34. The van der Waals surface area contributed by atoms with Gasteiger partial charge in [-0.3, -0.25) is 4.99 Å². The van der Waals surface area contributed by atoms with Gasteiger partial charge in [-0.2, -0.15) is 0 Å². The first-order chi connectivity index (χ1) is 5.59. The zero-order valence-electron chi connectivity index (χ0n) is 7.28. The van der Waals surface area contributed by atoms with E-state index in [1.807, 2.05) is 13.8 Å². The molecule has 1 unspecified atom stereocenters. The second kappa shape index (κ2) is 3.56. The SMILES string of the molecule is CC(C)CC1=NCC(C(=O)O)O1. The Morgan fingerprint density at radius 2 is 2.50 bits per heavy atom. The van der Waals surface area contributed by atoms with Crippen LogP contribution in [0.15, 0.2) is 4.99 Å². The zero-order chi connectivity index (χ0) is 9.14. The van der Waals surface area contributed by atoms with E-state index in [4.69, 9.17) is 9.84 Å². The summed E-state index contributed by atoms with van der Waals surface area (Å²) in [5, 5.41) is 8.57. The van der Waals surface area contributed by atoms with Crippen LogP contribution in [-0.2, 0) is 9.53 Å². The number of aliphatic carboxylic acids is 1. The molecule has 0 aliphatic carbocycles. The van der Waals surface area contributed by atoms with E-state index in [1.165, 1.54) is 0 Å². The van der Waals surface area contributed by atoms with Gasteiger partial charge >= 0.3 is 5.97 Å². The molecule has 1 N–H and O–H groups in total. The van der Waals surface area contributed by atoms with Gasteiger partial charge < -0.3 is 9.84 Å². The van der Waals surface area contributed by atoms with Crippen LogP contribution >= 0.6 is 0 Å². The largest absolute Gasteiger partial charge is 0.478 e. The smallest absolute Gasteiger partial charge is 0.346 e. The van der Waals surface area contributed by atoms with Crippen LogP contribution in [-0.4, -0.2) is 29.6 Å². The van der Waals surface area contributed by atoms with E-state index in [0.717, 1.165) is 6.42 Å².